The Morgan fingerprint density at radius 3 is 2.55 bits per heavy atom. The maximum atomic E-state index is 12.3. The minimum Gasteiger partial charge on any atom is -0.468 e. The van der Waals surface area contributed by atoms with Gasteiger partial charge in [-0.3, -0.25) is 9.69 Å². The van der Waals surface area contributed by atoms with Crippen LogP contribution in [0.4, 0.5) is 0 Å². The summed E-state index contributed by atoms with van der Waals surface area (Å²) in [5.41, 5.74) is -0.457. The summed E-state index contributed by atoms with van der Waals surface area (Å²) in [5, 5.41) is 3.42. The van der Waals surface area contributed by atoms with Gasteiger partial charge in [0.05, 0.1) is 7.11 Å². The molecule has 0 radical (unpaired) electrons. The highest BCUT2D eigenvalue weighted by molar-refractivity contribution is 5.81. The number of ether oxygens (including phenoxy) is 1. The number of rotatable bonds is 4. The van der Waals surface area contributed by atoms with Crippen molar-refractivity contribution in [3.8, 4) is 0 Å². The lowest BCUT2D eigenvalue weighted by molar-refractivity contribution is -0.151. The number of hydrogen-bond acceptors (Lipinski definition) is 4. The van der Waals surface area contributed by atoms with Crippen molar-refractivity contribution >= 4 is 5.97 Å². The van der Waals surface area contributed by atoms with Crippen molar-refractivity contribution in [2.24, 2.45) is 11.8 Å². The number of nitrogens with zero attached hydrogens (tertiary/aromatic N) is 1. The number of methoxy groups -OCH3 is 1. The van der Waals surface area contributed by atoms with Gasteiger partial charge < -0.3 is 10.1 Å². The zero-order valence-corrected chi connectivity index (χ0v) is 13.4. The number of carbonyl (C=O) groups is 1. The van der Waals surface area contributed by atoms with E-state index in [9.17, 15) is 4.79 Å². The van der Waals surface area contributed by atoms with E-state index in [0.29, 0.717) is 6.04 Å². The Labute approximate surface area is 123 Å². The zero-order chi connectivity index (χ0) is 14.8. The second-order valence-electron chi connectivity index (χ2n) is 6.76. The van der Waals surface area contributed by atoms with Crippen LogP contribution in [0.3, 0.4) is 0 Å². The highest BCUT2D eigenvalue weighted by atomic mass is 16.5. The molecule has 1 saturated heterocycles. The Morgan fingerprint density at radius 1 is 1.35 bits per heavy atom. The predicted molar refractivity (Wildman–Crippen MR) is 80.6 cm³/mol. The summed E-state index contributed by atoms with van der Waals surface area (Å²) in [7, 11) is 1.50. The first-order chi connectivity index (χ1) is 9.52. The maximum Gasteiger partial charge on any atom is 0.326 e. The van der Waals surface area contributed by atoms with E-state index in [1.165, 1.54) is 26.6 Å². The van der Waals surface area contributed by atoms with Gasteiger partial charge in [0.2, 0.25) is 0 Å². The third kappa shape index (κ3) is 3.01. The molecule has 4 unspecified atom stereocenters. The number of likely N-dealkylation sites (N-methyl/N-ethyl adjacent to an activating group) is 1. The highest BCUT2D eigenvalue weighted by Crippen LogP contribution is 2.35. The molecule has 2 fully saturated rings. The molecular formula is C16H30N2O2. The Kier molecular flexibility index (Phi) is 5.08. The number of likely N-dealkylation sites (tertiary alicyclic amines) is 1. The molecule has 2 rings (SSSR count). The van der Waals surface area contributed by atoms with Crippen LogP contribution in [0.15, 0.2) is 0 Å². The van der Waals surface area contributed by atoms with Gasteiger partial charge in [0.15, 0.2) is 0 Å². The number of carbonyl (C=O) groups excluding carboxylic acids is 1. The molecule has 1 aliphatic carbocycles. The average molecular weight is 282 g/mol. The molecule has 4 heteroatoms. The zero-order valence-electron chi connectivity index (χ0n) is 13.4. The van der Waals surface area contributed by atoms with Crippen LogP contribution in [-0.4, -0.2) is 49.2 Å². The molecule has 1 aliphatic heterocycles. The molecular weight excluding hydrogens is 252 g/mol. The number of esters is 1. The minimum absolute atomic E-state index is 0.0793. The predicted octanol–water partition coefficient (Wildman–Crippen LogP) is 2.04. The van der Waals surface area contributed by atoms with Crippen LogP contribution in [0.25, 0.3) is 0 Å². The van der Waals surface area contributed by atoms with Crippen molar-refractivity contribution in [3.05, 3.63) is 0 Å². The second kappa shape index (κ2) is 6.44. The topological polar surface area (TPSA) is 41.6 Å². The fraction of sp³-hybridized carbons (Fsp3) is 0.938. The molecule has 4 atom stereocenters. The molecule has 0 aromatic heterocycles. The minimum atomic E-state index is -0.457. The summed E-state index contributed by atoms with van der Waals surface area (Å²) in [6.07, 6.45) is 4.12. The van der Waals surface area contributed by atoms with E-state index in [-0.39, 0.29) is 5.97 Å². The van der Waals surface area contributed by atoms with E-state index in [0.717, 1.165) is 37.6 Å². The second-order valence-corrected chi connectivity index (χ2v) is 6.76. The van der Waals surface area contributed by atoms with Gasteiger partial charge >= 0.3 is 5.97 Å². The molecule has 4 nitrogen and oxygen atoms in total. The van der Waals surface area contributed by atoms with Gasteiger partial charge in [0.25, 0.3) is 0 Å². The van der Waals surface area contributed by atoms with Gasteiger partial charge in [-0.05, 0) is 44.1 Å². The van der Waals surface area contributed by atoms with Crippen LogP contribution in [0.5, 0.6) is 0 Å². The third-order valence-corrected chi connectivity index (χ3v) is 5.35. The van der Waals surface area contributed by atoms with Gasteiger partial charge in [-0.25, -0.2) is 0 Å². The Hall–Kier alpha value is -0.610. The van der Waals surface area contributed by atoms with Gasteiger partial charge in [-0.2, -0.15) is 0 Å². The molecule has 0 aromatic carbocycles. The van der Waals surface area contributed by atoms with Crippen molar-refractivity contribution in [2.45, 2.75) is 58.0 Å². The molecule has 1 heterocycles. The standard InChI is InChI=1S/C16H30N2O2/c1-5-17-16(15(19)20-4)8-6-7-14(9-16)18-10-12(2)13(3)11-18/h12-14,17H,5-11H2,1-4H3. The molecule has 0 amide bonds. The largest absolute Gasteiger partial charge is 0.468 e. The lowest BCUT2D eigenvalue weighted by atomic mass is 9.78. The fourth-order valence-electron chi connectivity index (χ4n) is 3.98. The molecule has 1 N–H and O–H groups in total. The molecule has 20 heavy (non-hydrogen) atoms. The normalized spacial score (nSPS) is 38.9. The maximum absolute atomic E-state index is 12.3. The van der Waals surface area contributed by atoms with Gasteiger partial charge in [0, 0.05) is 19.1 Å². The van der Waals surface area contributed by atoms with Gasteiger partial charge in [0.1, 0.15) is 5.54 Å². The van der Waals surface area contributed by atoms with Crippen molar-refractivity contribution in [2.75, 3.05) is 26.7 Å². The molecule has 0 aromatic rings. The summed E-state index contributed by atoms with van der Waals surface area (Å²) >= 11 is 0. The van der Waals surface area contributed by atoms with Crippen LogP contribution in [0.2, 0.25) is 0 Å². The summed E-state index contributed by atoms with van der Waals surface area (Å²) < 4.78 is 5.08. The molecule has 116 valence electrons. The number of hydrogen-bond donors (Lipinski definition) is 1. The molecule has 2 aliphatic rings. The van der Waals surface area contributed by atoms with Crippen LogP contribution < -0.4 is 5.32 Å². The summed E-state index contributed by atoms with van der Waals surface area (Å²) in [5.74, 6) is 1.46. The lowest BCUT2D eigenvalue weighted by Crippen LogP contribution is -2.58. The summed E-state index contributed by atoms with van der Waals surface area (Å²) in [6.45, 7) is 9.91. The first kappa shape index (κ1) is 15.8. The van der Waals surface area contributed by atoms with E-state index in [1.54, 1.807) is 0 Å². The van der Waals surface area contributed by atoms with Crippen molar-refractivity contribution in [1.29, 1.82) is 0 Å². The summed E-state index contributed by atoms with van der Waals surface area (Å²) in [6, 6.07) is 0.522. The fourth-order valence-corrected chi connectivity index (χ4v) is 3.98. The third-order valence-electron chi connectivity index (χ3n) is 5.35. The Bertz CT molecular complexity index is 333. The van der Waals surface area contributed by atoms with Crippen molar-refractivity contribution < 1.29 is 9.53 Å². The van der Waals surface area contributed by atoms with Gasteiger partial charge in [-0.1, -0.05) is 20.8 Å². The average Bonchev–Trinajstić information content (AvgIpc) is 2.78. The van der Waals surface area contributed by atoms with E-state index >= 15 is 0 Å². The summed E-state index contributed by atoms with van der Waals surface area (Å²) in [4.78, 5) is 14.9. The Morgan fingerprint density at radius 2 is 2.00 bits per heavy atom. The van der Waals surface area contributed by atoms with Crippen LogP contribution >= 0.6 is 0 Å². The van der Waals surface area contributed by atoms with Crippen molar-refractivity contribution in [1.82, 2.24) is 10.2 Å². The van der Waals surface area contributed by atoms with E-state index in [2.05, 4.69) is 31.0 Å². The van der Waals surface area contributed by atoms with Gasteiger partial charge in [-0.15, -0.1) is 0 Å². The lowest BCUT2D eigenvalue weighted by Gasteiger charge is -2.42. The highest BCUT2D eigenvalue weighted by Gasteiger charge is 2.45. The molecule has 1 saturated carbocycles. The first-order valence-electron chi connectivity index (χ1n) is 8.10. The first-order valence-corrected chi connectivity index (χ1v) is 8.10. The van der Waals surface area contributed by atoms with E-state index < -0.39 is 5.54 Å². The van der Waals surface area contributed by atoms with E-state index in [1.807, 2.05) is 0 Å². The quantitative estimate of drug-likeness (QED) is 0.801. The SMILES string of the molecule is CCNC1(C(=O)OC)CCCC(N2CC(C)C(C)C2)C1. The number of nitrogens with one attached hydrogen (secondary N) is 1. The molecule has 0 spiro atoms. The van der Waals surface area contributed by atoms with Crippen molar-refractivity contribution in [3.63, 3.8) is 0 Å². The van der Waals surface area contributed by atoms with E-state index in [4.69, 9.17) is 4.74 Å². The monoisotopic (exact) mass is 282 g/mol. The van der Waals surface area contributed by atoms with Crippen LogP contribution in [0, 0.1) is 11.8 Å². The van der Waals surface area contributed by atoms with Crippen LogP contribution in [0.1, 0.15) is 46.5 Å². The molecule has 0 bridgehead atoms. The Balaban J connectivity index is 2.08. The smallest absolute Gasteiger partial charge is 0.326 e. The van der Waals surface area contributed by atoms with Crippen LogP contribution in [-0.2, 0) is 9.53 Å².